The summed E-state index contributed by atoms with van der Waals surface area (Å²) < 4.78 is 0. The van der Waals surface area contributed by atoms with Gasteiger partial charge >= 0.3 is 0 Å². The molecule has 0 radical (unpaired) electrons. The molecule has 0 bridgehead atoms. The van der Waals surface area contributed by atoms with Crippen LogP contribution in [0, 0.1) is 16.7 Å². The fourth-order valence-electron chi connectivity index (χ4n) is 2.95. The molecule has 1 aromatic carbocycles. The van der Waals surface area contributed by atoms with Gasteiger partial charge in [0.25, 0.3) is 0 Å². The Balaban J connectivity index is 1.63. The lowest BCUT2D eigenvalue weighted by atomic mass is 9.64. The van der Waals surface area contributed by atoms with Crippen LogP contribution in [0.1, 0.15) is 31.4 Å². The Hall–Kier alpha value is -2.85. The van der Waals surface area contributed by atoms with Gasteiger partial charge in [-0.25, -0.2) is 4.98 Å². The predicted molar refractivity (Wildman–Crippen MR) is 98.9 cm³/mol. The molecule has 1 saturated carbocycles. The summed E-state index contributed by atoms with van der Waals surface area (Å²) in [7, 11) is 0. The van der Waals surface area contributed by atoms with Crippen LogP contribution in [0.15, 0.2) is 30.5 Å². The highest BCUT2D eigenvalue weighted by atomic mass is 16.3. The van der Waals surface area contributed by atoms with Crippen LogP contribution in [0.5, 0.6) is 5.75 Å². The van der Waals surface area contributed by atoms with Gasteiger partial charge in [0.05, 0.1) is 12.3 Å². The van der Waals surface area contributed by atoms with E-state index in [9.17, 15) is 15.5 Å². The SMILES string of the molecule is CC1(C)[C@@H](O)C[C@H]1Nc1nc(NCCc2ccc(O)cc2)ncc1C#N. The maximum Gasteiger partial charge on any atom is 0.224 e. The molecule has 1 heterocycles. The van der Waals surface area contributed by atoms with Crippen molar-refractivity contribution < 1.29 is 10.2 Å². The van der Waals surface area contributed by atoms with Gasteiger partial charge in [-0.1, -0.05) is 26.0 Å². The average molecular weight is 353 g/mol. The molecule has 0 aliphatic heterocycles. The van der Waals surface area contributed by atoms with E-state index >= 15 is 0 Å². The lowest BCUT2D eigenvalue weighted by Crippen LogP contribution is -2.57. The fraction of sp³-hybridized carbons (Fsp3) is 0.421. The van der Waals surface area contributed by atoms with Crippen LogP contribution in [0.2, 0.25) is 0 Å². The van der Waals surface area contributed by atoms with Gasteiger partial charge in [-0.3, -0.25) is 0 Å². The molecule has 1 aliphatic carbocycles. The molecule has 0 saturated heterocycles. The Labute approximate surface area is 152 Å². The Morgan fingerprint density at radius 3 is 2.65 bits per heavy atom. The van der Waals surface area contributed by atoms with Gasteiger partial charge in [-0.15, -0.1) is 0 Å². The first kappa shape index (κ1) is 18.0. The van der Waals surface area contributed by atoms with Crippen LogP contribution in [-0.2, 0) is 6.42 Å². The van der Waals surface area contributed by atoms with Gasteiger partial charge in [-0.2, -0.15) is 10.2 Å². The largest absolute Gasteiger partial charge is 0.508 e. The van der Waals surface area contributed by atoms with Crippen molar-refractivity contribution in [2.45, 2.75) is 38.8 Å². The molecule has 26 heavy (non-hydrogen) atoms. The van der Waals surface area contributed by atoms with Crippen LogP contribution in [0.25, 0.3) is 0 Å². The summed E-state index contributed by atoms with van der Waals surface area (Å²) in [4.78, 5) is 8.61. The van der Waals surface area contributed by atoms with Crippen molar-refractivity contribution in [3.8, 4) is 11.8 Å². The molecule has 7 nitrogen and oxygen atoms in total. The van der Waals surface area contributed by atoms with Crippen molar-refractivity contribution in [3.63, 3.8) is 0 Å². The maximum atomic E-state index is 9.88. The summed E-state index contributed by atoms with van der Waals surface area (Å²) in [5.74, 6) is 1.18. The fourth-order valence-corrected chi connectivity index (χ4v) is 2.95. The van der Waals surface area contributed by atoms with Crippen LogP contribution in [0.3, 0.4) is 0 Å². The number of phenols is 1. The van der Waals surface area contributed by atoms with Crippen molar-refractivity contribution in [2.75, 3.05) is 17.2 Å². The van der Waals surface area contributed by atoms with Gasteiger partial charge in [0.2, 0.25) is 5.95 Å². The molecule has 0 spiro atoms. The standard InChI is InChI=1S/C19H23N5O2/c1-19(2)15(9-16(19)26)23-17-13(10-20)11-22-18(24-17)21-8-7-12-3-5-14(25)6-4-12/h3-6,11,15-16,25-26H,7-9H2,1-2H3,(H2,21,22,23,24)/t15-,16+/m1/s1. The van der Waals surface area contributed by atoms with Gasteiger partial charge < -0.3 is 20.8 Å². The molecular formula is C19H23N5O2. The van der Waals surface area contributed by atoms with Gasteiger partial charge in [-0.05, 0) is 30.5 Å². The Kier molecular flexibility index (Phi) is 4.96. The van der Waals surface area contributed by atoms with E-state index < -0.39 is 0 Å². The van der Waals surface area contributed by atoms with Crippen molar-refractivity contribution in [2.24, 2.45) is 5.41 Å². The number of anilines is 2. The van der Waals surface area contributed by atoms with Gasteiger partial charge in [0.1, 0.15) is 23.2 Å². The number of benzene rings is 1. The van der Waals surface area contributed by atoms with Gasteiger partial charge in [0.15, 0.2) is 0 Å². The van der Waals surface area contributed by atoms with Crippen LogP contribution in [-0.4, -0.2) is 38.9 Å². The van der Waals surface area contributed by atoms with E-state index in [2.05, 4.69) is 26.7 Å². The van der Waals surface area contributed by atoms with Crippen LogP contribution < -0.4 is 10.6 Å². The Morgan fingerprint density at radius 1 is 1.31 bits per heavy atom. The van der Waals surface area contributed by atoms with Crippen LogP contribution >= 0.6 is 0 Å². The summed E-state index contributed by atoms with van der Waals surface area (Å²) in [5, 5.41) is 34.9. The van der Waals surface area contributed by atoms with E-state index in [1.807, 2.05) is 26.0 Å². The number of hydrogen-bond acceptors (Lipinski definition) is 7. The zero-order chi connectivity index (χ0) is 18.7. The zero-order valence-electron chi connectivity index (χ0n) is 14.9. The first-order chi connectivity index (χ1) is 12.4. The molecule has 7 heteroatoms. The number of nitrogens with one attached hydrogen (secondary N) is 2. The number of aromatic hydroxyl groups is 1. The predicted octanol–water partition coefficient (Wildman–Crippen LogP) is 2.28. The third-order valence-corrected chi connectivity index (χ3v) is 5.07. The van der Waals surface area contributed by atoms with Crippen molar-refractivity contribution in [3.05, 3.63) is 41.6 Å². The summed E-state index contributed by atoms with van der Waals surface area (Å²) in [6.07, 6.45) is 2.54. The zero-order valence-corrected chi connectivity index (χ0v) is 14.9. The van der Waals surface area contributed by atoms with E-state index in [0.717, 1.165) is 12.0 Å². The second kappa shape index (κ2) is 7.18. The molecule has 1 aromatic heterocycles. The first-order valence-corrected chi connectivity index (χ1v) is 8.63. The molecule has 2 atom stereocenters. The number of nitrogens with zero attached hydrogens (tertiary/aromatic N) is 3. The number of hydrogen-bond donors (Lipinski definition) is 4. The highest BCUT2D eigenvalue weighted by Crippen LogP contribution is 2.42. The highest BCUT2D eigenvalue weighted by Gasteiger charge is 2.47. The normalized spacial score (nSPS) is 20.7. The number of aliphatic hydroxyl groups is 1. The summed E-state index contributed by atoms with van der Waals surface area (Å²) >= 11 is 0. The Bertz CT molecular complexity index is 814. The number of aliphatic hydroxyl groups excluding tert-OH is 1. The minimum absolute atomic E-state index is 0.0596. The molecule has 136 valence electrons. The summed E-state index contributed by atoms with van der Waals surface area (Å²) in [6, 6.07) is 9.21. The molecule has 0 amide bonds. The topological polar surface area (TPSA) is 114 Å². The highest BCUT2D eigenvalue weighted by molar-refractivity contribution is 5.54. The summed E-state index contributed by atoms with van der Waals surface area (Å²) in [5.41, 5.74) is 1.21. The number of rotatable bonds is 6. The van der Waals surface area contributed by atoms with E-state index in [1.165, 1.54) is 6.20 Å². The summed E-state index contributed by atoms with van der Waals surface area (Å²) in [6.45, 7) is 4.61. The number of nitriles is 1. The second-order valence-corrected chi connectivity index (χ2v) is 7.18. The van der Waals surface area contributed by atoms with Gasteiger partial charge in [0, 0.05) is 18.0 Å². The lowest BCUT2D eigenvalue weighted by molar-refractivity contribution is -0.0511. The minimum Gasteiger partial charge on any atom is -0.508 e. The molecule has 4 N–H and O–H groups in total. The van der Waals surface area contributed by atoms with E-state index in [-0.39, 0.29) is 23.3 Å². The minimum atomic E-state index is -0.352. The first-order valence-electron chi connectivity index (χ1n) is 8.63. The second-order valence-electron chi connectivity index (χ2n) is 7.18. The third kappa shape index (κ3) is 3.70. The van der Waals surface area contributed by atoms with E-state index in [1.54, 1.807) is 12.1 Å². The van der Waals surface area contributed by atoms with Crippen molar-refractivity contribution in [1.82, 2.24) is 9.97 Å². The van der Waals surface area contributed by atoms with Crippen LogP contribution in [0.4, 0.5) is 11.8 Å². The molecule has 0 unspecified atom stereocenters. The molecule has 1 fully saturated rings. The smallest absolute Gasteiger partial charge is 0.224 e. The van der Waals surface area contributed by atoms with Crippen molar-refractivity contribution >= 4 is 11.8 Å². The third-order valence-electron chi connectivity index (χ3n) is 5.07. The van der Waals surface area contributed by atoms with Crippen molar-refractivity contribution in [1.29, 1.82) is 5.26 Å². The average Bonchev–Trinajstić information content (AvgIpc) is 2.63. The molecule has 1 aliphatic rings. The van der Waals surface area contributed by atoms with E-state index in [0.29, 0.717) is 30.3 Å². The monoisotopic (exact) mass is 353 g/mol. The lowest BCUT2D eigenvalue weighted by Gasteiger charge is -2.49. The maximum absolute atomic E-state index is 9.88. The quantitative estimate of drug-likeness (QED) is 0.630. The molecule has 2 aromatic rings. The molecule has 3 rings (SSSR count). The number of phenolic OH excluding ortho intramolecular Hbond substituents is 1. The van der Waals surface area contributed by atoms with E-state index in [4.69, 9.17) is 0 Å². The Morgan fingerprint density at radius 2 is 2.04 bits per heavy atom. The molecular weight excluding hydrogens is 330 g/mol. The number of aromatic nitrogens is 2.